The molecule has 2 N–H and O–H groups in total. The topological polar surface area (TPSA) is 108 Å². The van der Waals surface area contributed by atoms with Crippen molar-refractivity contribution in [1.29, 1.82) is 0 Å². The Bertz CT molecular complexity index is 324. The van der Waals surface area contributed by atoms with Crippen LogP contribution in [-0.4, -0.2) is 69.8 Å². The van der Waals surface area contributed by atoms with Crippen molar-refractivity contribution in [1.82, 2.24) is 4.90 Å². The minimum Gasteiger partial charge on any atom is -0.468 e. The minimum absolute atomic E-state index is 0.0743. The Morgan fingerprint density at radius 3 is 2.48 bits per heavy atom. The van der Waals surface area contributed by atoms with Crippen molar-refractivity contribution in [3.8, 4) is 0 Å². The molecular weight excluding hydrogens is 280 g/mol. The summed E-state index contributed by atoms with van der Waals surface area (Å²) in [5.41, 5.74) is 5.44. The number of carbonyl (C=O) groups excluding carboxylic acids is 3. The number of rotatable bonds is 12. The van der Waals surface area contributed by atoms with Gasteiger partial charge in [-0.05, 0) is 19.4 Å². The summed E-state index contributed by atoms with van der Waals surface area (Å²) in [6.07, 6.45) is 1.99. The number of methoxy groups -OCH3 is 2. The van der Waals surface area contributed by atoms with E-state index in [0.717, 1.165) is 12.8 Å². The van der Waals surface area contributed by atoms with Crippen LogP contribution in [0.1, 0.15) is 19.3 Å². The van der Waals surface area contributed by atoms with Crippen LogP contribution in [0.4, 0.5) is 0 Å². The third-order valence-corrected chi connectivity index (χ3v) is 2.97. The molecule has 21 heavy (non-hydrogen) atoms. The molecular formula is C13H24N2O6. The molecule has 0 saturated carbocycles. The van der Waals surface area contributed by atoms with Crippen molar-refractivity contribution in [2.75, 3.05) is 40.5 Å². The minimum atomic E-state index is -0.601. The van der Waals surface area contributed by atoms with E-state index in [0.29, 0.717) is 19.4 Å². The highest BCUT2D eigenvalue weighted by Crippen LogP contribution is 2.11. The van der Waals surface area contributed by atoms with E-state index >= 15 is 0 Å². The zero-order valence-electron chi connectivity index (χ0n) is 12.6. The van der Waals surface area contributed by atoms with Crippen molar-refractivity contribution in [2.45, 2.75) is 25.3 Å². The Labute approximate surface area is 124 Å². The van der Waals surface area contributed by atoms with Crippen LogP contribution in [0.3, 0.4) is 0 Å². The van der Waals surface area contributed by atoms with E-state index in [-0.39, 0.29) is 19.7 Å². The summed E-state index contributed by atoms with van der Waals surface area (Å²) >= 11 is 0. The first-order valence-electron chi connectivity index (χ1n) is 6.74. The summed E-state index contributed by atoms with van der Waals surface area (Å²) in [4.78, 5) is 35.1. The van der Waals surface area contributed by atoms with E-state index in [1.165, 1.54) is 14.2 Å². The van der Waals surface area contributed by atoms with Gasteiger partial charge >= 0.3 is 11.9 Å². The van der Waals surface area contributed by atoms with Gasteiger partial charge in [0.15, 0.2) is 0 Å². The molecule has 0 aliphatic carbocycles. The number of nitrogens with zero attached hydrogens (tertiary/aromatic N) is 1. The molecule has 0 fully saturated rings. The van der Waals surface area contributed by atoms with Crippen molar-refractivity contribution in [2.24, 2.45) is 5.73 Å². The summed E-state index contributed by atoms with van der Waals surface area (Å²) in [5, 5.41) is 0. The number of ether oxygens (including phenoxy) is 3. The second kappa shape index (κ2) is 12.1. The van der Waals surface area contributed by atoms with Gasteiger partial charge in [0.25, 0.3) is 6.47 Å². The lowest BCUT2D eigenvalue weighted by Crippen LogP contribution is -2.46. The maximum atomic E-state index is 11.9. The second-order valence-electron chi connectivity index (χ2n) is 4.34. The molecule has 0 amide bonds. The number of unbranched alkanes of at least 4 members (excludes halogenated alkanes) is 1. The quantitative estimate of drug-likeness (QED) is 0.218. The lowest BCUT2D eigenvalue weighted by atomic mass is 10.1. The number of hydrogen-bond acceptors (Lipinski definition) is 8. The molecule has 0 bridgehead atoms. The molecule has 0 heterocycles. The van der Waals surface area contributed by atoms with Gasteiger partial charge in [0.2, 0.25) is 0 Å². The zero-order chi connectivity index (χ0) is 16.1. The highest BCUT2D eigenvalue weighted by atomic mass is 16.5. The molecule has 0 spiro atoms. The molecule has 0 saturated heterocycles. The summed E-state index contributed by atoms with van der Waals surface area (Å²) < 4.78 is 14.0. The second-order valence-corrected chi connectivity index (χ2v) is 4.34. The lowest BCUT2D eigenvalue weighted by molar-refractivity contribution is -0.151. The van der Waals surface area contributed by atoms with Crippen LogP contribution in [-0.2, 0) is 28.6 Å². The van der Waals surface area contributed by atoms with Gasteiger partial charge in [-0.3, -0.25) is 19.3 Å². The van der Waals surface area contributed by atoms with Crippen LogP contribution < -0.4 is 5.73 Å². The Kier molecular flexibility index (Phi) is 11.1. The first-order chi connectivity index (χ1) is 10.1. The fourth-order valence-electron chi connectivity index (χ4n) is 1.86. The molecule has 122 valence electrons. The van der Waals surface area contributed by atoms with E-state index in [1.807, 2.05) is 0 Å². The lowest BCUT2D eigenvalue weighted by Gasteiger charge is -2.28. The van der Waals surface area contributed by atoms with Gasteiger partial charge in [-0.25, -0.2) is 0 Å². The Balaban J connectivity index is 4.80. The SMILES string of the molecule is COC(=O)CN(CCOC=O)C(CCCCN)C(=O)OC. The monoisotopic (exact) mass is 304 g/mol. The molecule has 0 aliphatic rings. The maximum absolute atomic E-state index is 11.9. The maximum Gasteiger partial charge on any atom is 0.323 e. The van der Waals surface area contributed by atoms with Crippen LogP contribution in [0.5, 0.6) is 0 Å². The summed E-state index contributed by atoms with van der Waals surface area (Å²) in [5.74, 6) is -0.921. The largest absolute Gasteiger partial charge is 0.468 e. The van der Waals surface area contributed by atoms with Crippen LogP contribution in [0, 0.1) is 0 Å². The first kappa shape index (κ1) is 19.3. The molecule has 1 atom stereocenters. The zero-order valence-corrected chi connectivity index (χ0v) is 12.6. The molecule has 0 aromatic rings. The van der Waals surface area contributed by atoms with E-state index < -0.39 is 18.0 Å². The number of esters is 2. The highest BCUT2D eigenvalue weighted by molar-refractivity contribution is 5.77. The van der Waals surface area contributed by atoms with E-state index in [2.05, 4.69) is 9.47 Å². The molecule has 8 heteroatoms. The molecule has 8 nitrogen and oxygen atoms in total. The average Bonchev–Trinajstić information content (AvgIpc) is 2.50. The molecule has 0 rings (SSSR count). The molecule has 0 aliphatic heterocycles. The molecule has 1 unspecified atom stereocenters. The van der Waals surface area contributed by atoms with Gasteiger partial charge in [-0.15, -0.1) is 0 Å². The third-order valence-electron chi connectivity index (χ3n) is 2.97. The Hall–Kier alpha value is -1.67. The van der Waals surface area contributed by atoms with Crippen LogP contribution >= 0.6 is 0 Å². The van der Waals surface area contributed by atoms with Crippen molar-refractivity contribution in [3.63, 3.8) is 0 Å². The molecule has 0 radical (unpaired) electrons. The van der Waals surface area contributed by atoms with Crippen LogP contribution in [0.25, 0.3) is 0 Å². The van der Waals surface area contributed by atoms with Gasteiger partial charge in [0.1, 0.15) is 12.6 Å². The van der Waals surface area contributed by atoms with Crippen LogP contribution in [0.15, 0.2) is 0 Å². The van der Waals surface area contributed by atoms with E-state index in [4.69, 9.17) is 10.5 Å². The summed E-state index contributed by atoms with van der Waals surface area (Å²) in [6, 6.07) is -0.601. The predicted molar refractivity (Wildman–Crippen MR) is 74.3 cm³/mol. The standard InChI is InChI=1S/C13H24N2O6/c1-19-12(17)9-15(7-8-21-10-16)11(13(18)20-2)5-3-4-6-14/h10-11H,3-9,14H2,1-2H3. The number of carbonyl (C=O) groups is 3. The Morgan fingerprint density at radius 2 is 1.95 bits per heavy atom. The van der Waals surface area contributed by atoms with Crippen LogP contribution in [0.2, 0.25) is 0 Å². The van der Waals surface area contributed by atoms with Crippen molar-refractivity contribution >= 4 is 18.4 Å². The fraction of sp³-hybridized carbons (Fsp3) is 0.769. The van der Waals surface area contributed by atoms with Gasteiger partial charge in [-0.2, -0.15) is 0 Å². The Morgan fingerprint density at radius 1 is 1.24 bits per heavy atom. The van der Waals surface area contributed by atoms with E-state index in [9.17, 15) is 14.4 Å². The van der Waals surface area contributed by atoms with Crippen molar-refractivity contribution < 1.29 is 28.6 Å². The summed E-state index contributed by atoms with van der Waals surface area (Å²) in [7, 11) is 2.56. The number of hydrogen-bond donors (Lipinski definition) is 1. The van der Waals surface area contributed by atoms with Gasteiger partial charge in [-0.1, -0.05) is 6.42 Å². The smallest absolute Gasteiger partial charge is 0.323 e. The van der Waals surface area contributed by atoms with Gasteiger partial charge < -0.3 is 19.9 Å². The van der Waals surface area contributed by atoms with Gasteiger partial charge in [0.05, 0.1) is 20.8 Å². The average molecular weight is 304 g/mol. The van der Waals surface area contributed by atoms with Crippen molar-refractivity contribution in [3.05, 3.63) is 0 Å². The number of nitrogens with two attached hydrogens (primary N) is 1. The molecule has 0 aromatic carbocycles. The highest BCUT2D eigenvalue weighted by Gasteiger charge is 2.28. The normalized spacial score (nSPS) is 11.8. The first-order valence-corrected chi connectivity index (χ1v) is 6.74. The molecule has 0 aromatic heterocycles. The van der Waals surface area contributed by atoms with E-state index in [1.54, 1.807) is 4.90 Å². The fourth-order valence-corrected chi connectivity index (χ4v) is 1.86. The summed E-state index contributed by atoms with van der Waals surface area (Å²) in [6.45, 7) is 1.07. The van der Waals surface area contributed by atoms with Gasteiger partial charge in [0, 0.05) is 6.54 Å². The third kappa shape index (κ3) is 8.26. The predicted octanol–water partition coefficient (Wildman–Crippen LogP) is -0.695.